The van der Waals surface area contributed by atoms with Crippen molar-refractivity contribution < 1.29 is 0 Å². The zero-order valence-electron chi connectivity index (χ0n) is 6.85. The van der Waals surface area contributed by atoms with Crippen LogP contribution in [0.5, 0.6) is 0 Å². The monoisotopic (exact) mass is 260 g/mol. The summed E-state index contributed by atoms with van der Waals surface area (Å²) in [4.78, 5) is 15.3. The third-order valence-corrected chi connectivity index (χ3v) is 2.19. The number of aromatic nitrogens is 2. The zero-order chi connectivity index (χ0) is 9.68. The SMILES string of the molecule is O=c1c(Br)cncn1CC=CCS. The summed E-state index contributed by atoms with van der Waals surface area (Å²) < 4.78 is 2.00. The van der Waals surface area contributed by atoms with Gasteiger partial charge >= 0.3 is 0 Å². The summed E-state index contributed by atoms with van der Waals surface area (Å²) in [5, 5.41) is 0. The minimum absolute atomic E-state index is 0.0705. The first-order valence-electron chi connectivity index (χ1n) is 3.71. The van der Waals surface area contributed by atoms with Crippen molar-refractivity contribution in [2.75, 3.05) is 5.75 Å². The van der Waals surface area contributed by atoms with Crippen LogP contribution in [0.1, 0.15) is 0 Å². The predicted octanol–water partition coefficient (Wildman–Crippen LogP) is 1.49. The van der Waals surface area contributed by atoms with E-state index >= 15 is 0 Å². The first-order chi connectivity index (χ1) is 6.25. The lowest BCUT2D eigenvalue weighted by molar-refractivity contribution is 0.747. The predicted molar refractivity (Wildman–Crippen MR) is 59.2 cm³/mol. The molecule has 0 aliphatic heterocycles. The molecule has 0 aliphatic carbocycles. The molecule has 1 aromatic heterocycles. The van der Waals surface area contributed by atoms with Crippen molar-refractivity contribution in [1.82, 2.24) is 9.55 Å². The van der Waals surface area contributed by atoms with E-state index in [-0.39, 0.29) is 5.56 Å². The molecule has 1 heterocycles. The minimum atomic E-state index is -0.0705. The van der Waals surface area contributed by atoms with Crippen molar-refractivity contribution in [2.24, 2.45) is 0 Å². The average Bonchev–Trinajstić information content (AvgIpc) is 2.13. The Kier molecular flexibility index (Phi) is 4.24. The summed E-state index contributed by atoms with van der Waals surface area (Å²) in [5.74, 6) is 0.677. The molecule has 0 radical (unpaired) electrons. The van der Waals surface area contributed by atoms with Crippen LogP contribution < -0.4 is 5.56 Å². The summed E-state index contributed by atoms with van der Waals surface area (Å²) in [6.07, 6.45) is 6.76. The van der Waals surface area contributed by atoms with Crippen LogP contribution in [0.2, 0.25) is 0 Å². The number of allylic oxidation sites excluding steroid dienone is 1. The van der Waals surface area contributed by atoms with Gasteiger partial charge in [-0.15, -0.1) is 0 Å². The molecule has 70 valence electrons. The number of halogens is 1. The molecule has 0 saturated heterocycles. The standard InChI is InChI=1S/C8H9BrN2OS/c9-7-5-10-6-11(8(7)12)3-1-2-4-13/h1-2,5-6,13H,3-4H2. The van der Waals surface area contributed by atoms with Gasteiger partial charge in [0.05, 0.1) is 6.33 Å². The van der Waals surface area contributed by atoms with Crippen molar-refractivity contribution in [3.63, 3.8) is 0 Å². The molecular weight excluding hydrogens is 252 g/mol. The maximum atomic E-state index is 11.4. The van der Waals surface area contributed by atoms with Gasteiger partial charge in [0.1, 0.15) is 4.47 Å². The van der Waals surface area contributed by atoms with Gasteiger partial charge in [0.25, 0.3) is 5.56 Å². The fraction of sp³-hybridized carbons (Fsp3) is 0.250. The molecule has 0 unspecified atom stereocenters. The van der Waals surface area contributed by atoms with E-state index in [4.69, 9.17) is 0 Å². The van der Waals surface area contributed by atoms with Crippen molar-refractivity contribution in [1.29, 1.82) is 0 Å². The quantitative estimate of drug-likeness (QED) is 0.661. The maximum absolute atomic E-state index is 11.4. The van der Waals surface area contributed by atoms with Gasteiger partial charge < -0.3 is 0 Å². The molecule has 5 heteroatoms. The van der Waals surface area contributed by atoms with Gasteiger partial charge in [0.15, 0.2) is 0 Å². The molecule has 1 rings (SSSR count). The van der Waals surface area contributed by atoms with E-state index in [1.807, 2.05) is 12.2 Å². The molecular formula is C8H9BrN2OS. The molecule has 0 aromatic carbocycles. The van der Waals surface area contributed by atoms with Crippen LogP contribution in [-0.4, -0.2) is 15.3 Å². The lowest BCUT2D eigenvalue weighted by atomic mass is 10.5. The van der Waals surface area contributed by atoms with Gasteiger partial charge in [-0.3, -0.25) is 9.36 Å². The average molecular weight is 261 g/mol. The van der Waals surface area contributed by atoms with E-state index in [1.54, 1.807) is 0 Å². The Labute approximate surface area is 90.0 Å². The highest BCUT2D eigenvalue weighted by atomic mass is 79.9. The van der Waals surface area contributed by atoms with Gasteiger partial charge in [-0.25, -0.2) is 4.98 Å². The molecule has 0 N–H and O–H groups in total. The van der Waals surface area contributed by atoms with Crippen LogP contribution in [0.4, 0.5) is 0 Å². The van der Waals surface area contributed by atoms with Gasteiger partial charge in [-0.05, 0) is 15.9 Å². The fourth-order valence-electron chi connectivity index (χ4n) is 0.817. The molecule has 0 bridgehead atoms. The van der Waals surface area contributed by atoms with E-state index in [0.717, 1.165) is 0 Å². The minimum Gasteiger partial charge on any atom is -0.294 e. The summed E-state index contributed by atoms with van der Waals surface area (Å²) in [7, 11) is 0. The normalized spacial score (nSPS) is 10.9. The molecule has 3 nitrogen and oxygen atoms in total. The Morgan fingerprint density at radius 3 is 3.08 bits per heavy atom. The van der Waals surface area contributed by atoms with E-state index in [2.05, 4.69) is 33.5 Å². The number of hydrogen-bond donors (Lipinski definition) is 1. The van der Waals surface area contributed by atoms with Crippen LogP contribution in [-0.2, 0) is 6.54 Å². The Morgan fingerprint density at radius 2 is 2.38 bits per heavy atom. The van der Waals surface area contributed by atoms with E-state index in [0.29, 0.717) is 16.8 Å². The first kappa shape index (κ1) is 10.5. The third kappa shape index (κ3) is 3.00. The summed E-state index contributed by atoms with van der Waals surface area (Å²) in [5.41, 5.74) is -0.0705. The van der Waals surface area contributed by atoms with Gasteiger partial charge in [0, 0.05) is 18.5 Å². The lowest BCUT2D eigenvalue weighted by Crippen LogP contribution is -2.19. The summed E-state index contributed by atoms with van der Waals surface area (Å²) in [6, 6.07) is 0. The Hall–Kier alpha value is -0.550. The lowest BCUT2D eigenvalue weighted by Gasteiger charge is -1.99. The molecule has 0 amide bonds. The van der Waals surface area contributed by atoms with E-state index < -0.39 is 0 Å². The largest absolute Gasteiger partial charge is 0.294 e. The number of thiol groups is 1. The van der Waals surface area contributed by atoms with Gasteiger partial charge in [-0.2, -0.15) is 12.6 Å². The van der Waals surface area contributed by atoms with Crippen LogP contribution in [0, 0.1) is 0 Å². The third-order valence-electron chi connectivity index (χ3n) is 1.43. The molecule has 0 aliphatic rings. The number of rotatable bonds is 3. The van der Waals surface area contributed by atoms with E-state index in [9.17, 15) is 4.79 Å². The second-order valence-corrected chi connectivity index (χ2v) is 3.57. The van der Waals surface area contributed by atoms with Crippen LogP contribution >= 0.6 is 28.6 Å². The van der Waals surface area contributed by atoms with Crippen molar-refractivity contribution in [3.8, 4) is 0 Å². The smallest absolute Gasteiger partial charge is 0.267 e. The van der Waals surface area contributed by atoms with Crippen LogP contribution in [0.3, 0.4) is 0 Å². The zero-order valence-corrected chi connectivity index (χ0v) is 9.33. The highest BCUT2D eigenvalue weighted by Gasteiger charge is 1.97. The number of hydrogen-bond acceptors (Lipinski definition) is 3. The summed E-state index contributed by atoms with van der Waals surface area (Å²) >= 11 is 7.13. The highest BCUT2D eigenvalue weighted by Crippen LogP contribution is 1.97. The molecule has 13 heavy (non-hydrogen) atoms. The Balaban J connectivity index is 2.84. The summed E-state index contributed by atoms with van der Waals surface area (Å²) in [6.45, 7) is 0.534. The highest BCUT2D eigenvalue weighted by molar-refractivity contribution is 9.10. The first-order valence-corrected chi connectivity index (χ1v) is 5.14. The molecule has 0 fully saturated rings. The fourth-order valence-corrected chi connectivity index (χ4v) is 1.31. The Morgan fingerprint density at radius 1 is 1.62 bits per heavy atom. The second kappa shape index (κ2) is 5.24. The second-order valence-electron chi connectivity index (χ2n) is 2.35. The molecule has 0 atom stereocenters. The van der Waals surface area contributed by atoms with Crippen molar-refractivity contribution in [2.45, 2.75) is 6.54 Å². The van der Waals surface area contributed by atoms with Crippen LogP contribution in [0.15, 0.2) is 33.9 Å². The van der Waals surface area contributed by atoms with Crippen molar-refractivity contribution >= 4 is 28.6 Å². The number of nitrogens with zero attached hydrogens (tertiary/aromatic N) is 2. The molecule has 0 spiro atoms. The van der Waals surface area contributed by atoms with E-state index in [1.165, 1.54) is 17.1 Å². The molecule has 0 saturated carbocycles. The Bertz CT molecular complexity index is 361. The molecule has 1 aromatic rings. The van der Waals surface area contributed by atoms with Gasteiger partial charge in [-0.1, -0.05) is 12.2 Å². The van der Waals surface area contributed by atoms with Gasteiger partial charge in [0.2, 0.25) is 0 Å². The topological polar surface area (TPSA) is 34.9 Å². The van der Waals surface area contributed by atoms with Crippen molar-refractivity contribution in [3.05, 3.63) is 39.5 Å². The van der Waals surface area contributed by atoms with Crippen LogP contribution in [0.25, 0.3) is 0 Å². The maximum Gasteiger partial charge on any atom is 0.267 e.